The van der Waals surface area contributed by atoms with Gasteiger partial charge in [-0.3, -0.25) is 19.2 Å². The van der Waals surface area contributed by atoms with Crippen molar-refractivity contribution >= 4 is 23.6 Å². The van der Waals surface area contributed by atoms with E-state index in [-0.39, 0.29) is 37.6 Å². The molecule has 0 radical (unpaired) electrons. The second-order valence-corrected chi connectivity index (χ2v) is 7.14. The van der Waals surface area contributed by atoms with E-state index in [2.05, 4.69) is 21.3 Å². The maximum absolute atomic E-state index is 12.9. The van der Waals surface area contributed by atoms with Crippen molar-refractivity contribution < 1.29 is 33.8 Å². The molecular formula is C21H30N4O7. The molecule has 0 fully saturated rings. The van der Waals surface area contributed by atoms with Crippen LogP contribution in [0.2, 0.25) is 0 Å². The van der Waals surface area contributed by atoms with Crippen LogP contribution in [-0.2, 0) is 19.1 Å². The number of carbonyl (C=O) groups is 4. The largest absolute Gasteiger partial charge is 0.491 e. The number of amides is 4. The summed E-state index contributed by atoms with van der Waals surface area (Å²) in [5.74, 6) is -2.19. The fourth-order valence-electron chi connectivity index (χ4n) is 3.01. The molecule has 0 bridgehead atoms. The minimum atomic E-state index is -1.23. The first-order valence-corrected chi connectivity index (χ1v) is 10.5. The van der Waals surface area contributed by atoms with E-state index in [1.807, 2.05) is 6.92 Å². The zero-order chi connectivity index (χ0) is 23.5. The third kappa shape index (κ3) is 7.50. The number of carbonyl (C=O) groups excluding carboxylic acids is 4. The average molecular weight is 450 g/mol. The number of aliphatic hydroxyl groups is 1. The van der Waals surface area contributed by atoms with Crippen LogP contribution in [0.25, 0.3) is 0 Å². The van der Waals surface area contributed by atoms with Crippen LogP contribution in [0.3, 0.4) is 0 Å². The van der Waals surface area contributed by atoms with E-state index in [1.165, 1.54) is 13.0 Å². The van der Waals surface area contributed by atoms with Gasteiger partial charge >= 0.3 is 0 Å². The summed E-state index contributed by atoms with van der Waals surface area (Å²) in [6.07, 6.45) is -1.62. The van der Waals surface area contributed by atoms with Crippen LogP contribution in [0.15, 0.2) is 24.3 Å². The normalized spacial score (nSPS) is 21.0. The molecule has 2 rings (SSSR count). The molecule has 176 valence electrons. The zero-order valence-corrected chi connectivity index (χ0v) is 18.2. The van der Waals surface area contributed by atoms with E-state index in [0.29, 0.717) is 6.61 Å². The summed E-state index contributed by atoms with van der Waals surface area (Å²) in [7, 11) is 0. The van der Waals surface area contributed by atoms with Gasteiger partial charge in [-0.05, 0) is 26.0 Å². The molecule has 1 aromatic rings. The lowest BCUT2D eigenvalue weighted by molar-refractivity contribution is -0.133. The second-order valence-electron chi connectivity index (χ2n) is 7.14. The molecule has 11 nitrogen and oxygen atoms in total. The predicted octanol–water partition coefficient (Wildman–Crippen LogP) is -1.30. The molecule has 0 saturated carbocycles. The second kappa shape index (κ2) is 12.6. The lowest BCUT2D eigenvalue weighted by Crippen LogP contribution is -2.55. The van der Waals surface area contributed by atoms with Gasteiger partial charge in [0.2, 0.25) is 17.7 Å². The smallest absolute Gasteiger partial charge is 0.255 e. The number of ether oxygens (including phenoxy) is 2. The Kier molecular flexibility index (Phi) is 9.89. The molecule has 5 N–H and O–H groups in total. The molecule has 0 aromatic heterocycles. The molecule has 1 aliphatic rings. The van der Waals surface area contributed by atoms with E-state index in [0.717, 1.165) is 0 Å². The fraction of sp³-hybridized carbons (Fsp3) is 0.524. The van der Waals surface area contributed by atoms with Crippen molar-refractivity contribution in [1.82, 2.24) is 21.3 Å². The van der Waals surface area contributed by atoms with Gasteiger partial charge in [0.1, 0.15) is 24.4 Å². The molecule has 32 heavy (non-hydrogen) atoms. The molecule has 1 heterocycles. The Morgan fingerprint density at radius 2 is 2.03 bits per heavy atom. The van der Waals surface area contributed by atoms with E-state index in [1.54, 1.807) is 18.2 Å². The fourth-order valence-corrected chi connectivity index (χ4v) is 3.01. The van der Waals surface area contributed by atoms with Gasteiger partial charge in [0.05, 0.1) is 31.2 Å². The molecular weight excluding hydrogens is 420 g/mol. The van der Waals surface area contributed by atoms with E-state index in [9.17, 15) is 24.3 Å². The molecule has 0 spiro atoms. The van der Waals surface area contributed by atoms with E-state index in [4.69, 9.17) is 9.47 Å². The Morgan fingerprint density at radius 3 is 2.75 bits per heavy atom. The number of para-hydroxylation sites is 1. The highest BCUT2D eigenvalue weighted by atomic mass is 16.5. The minimum Gasteiger partial charge on any atom is -0.491 e. The summed E-state index contributed by atoms with van der Waals surface area (Å²) in [5, 5.41) is 20.1. The molecule has 3 atom stereocenters. The van der Waals surface area contributed by atoms with Crippen LogP contribution in [0.5, 0.6) is 5.75 Å². The molecule has 1 aliphatic heterocycles. The summed E-state index contributed by atoms with van der Waals surface area (Å²) in [6.45, 7) is 4.28. The monoisotopic (exact) mass is 450 g/mol. The van der Waals surface area contributed by atoms with Gasteiger partial charge in [-0.15, -0.1) is 0 Å². The van der Waals surface area contributed by atoms with Gasteiger partial charge in [0.15, 0.2) is 0 Å². The van der Waals surface area contributed by atoms with Crippen LogP contribution in [-0.4, -0.2) is 79.8 Å². The Balaban J connectivity index is 2.27. The van der Waals surface area contributed by atoms with Crippen molar-refractivity contribution in [3.63, 3.8) is 0 Å². The summed E-state index contributed by atoms with van der Waals surface area (Å²) >= 11 is 0. The van der Waals surface area contributed by atoms with E-state index < -0.39 is 48.2 Å². The molecule has 0 unspecified atom stereocenters. The highest BCUT2D eigenvalue weighted by molar-refractivity contribution is 6.01. The zero-order valence-electron chi connectivity index (χ0n) is 18.2. The molecule has 0 aliphatic carbocycles. The molecule has 11 heteroatoms. The van der Waals surface area contributed by atoms with Gasteiger partial charge in [-0.25, -0.2) is 0 Å². The number of aliphatic hydroxyl groups excluding tert-OH is 1. The summed E-state index contributed by atoms with van der Waals surface area (Å²) in [5.41, 5.74) is 0.185. The van der Waals surface area contributed by atoms with Crippen LogP contribution < -0.4 is 26.0 Å². The Bertz CT molecular complexity index is 815. The van der Waals surface area contributed by atoms with Crippen molar-refractivity contribution in [3.05, 3.63) is 29.8 Å². The molecule has 4 amide bonds. The van der Waals surface area contributed by atoms with Gasteiger partial charge < -0.3 is 35.8 Å². The van der Waals surface area contributed by atoms with Gasteiger partial charge in [0.25, 0.3) is 5.91 Å². The molecule has 0 saturated heterocycles. The number of nitrogens with one attached hydrogen (secondary N) is 4. The van der Waals surface area contributed by atoms with E-state index >= 15 is 0 Å². The van der Waals surface area contributed by atoms with Crippen molar-refractivity contribution in [2.45, 2.75) is 38.5 Å². The Hall–Kier alpha value is -3.18. The first-order chi connectivity index (χ1) is 15.3. The number of hydrogen-bond acceptors (Lipinski definition) is 7. The Morgan fingerprint density at radius 1 is 1.28 bits per heavy atom. The van der Waals surface area contributed by atoms with Crippen molar-refractivity contribution in [3.8, 4) is 5.75 Å². The first kappa shape index (κ1) is 25.1. The number of benzene rings is 1. The standard InChI is InChI=1S/C21H30N4O7/c1-3-31-10-8-22-20(29)15-12-17(27)25-18(13(2)26)21(30)23-9-11-32-16-7-5-4-6-14(16)19(28)24-15/h4-7,13,15,18,26H,3,8-12H2,1-2H3,(H,22,29)(H,23,30)(H,24,28)(H,25,27)/t13-,15+,18+/m1/s1. The summed E-state index contributed by atoms with van der Waals surface area (Å²) < 4.78 is 10.8. The average Bonchev–Trinajstić information content (AvgIpc) is 2.76. The van der Waals surface area contributed by atoms with Crippen molar-refractivity contribution in [2.24, 2.45) is 0 Å². The quantitative estimate of drug-likeness (QED) is 0.338. The van der Waals surface area contributed by atoms with Crippen LogP contribution in [0, 0.1) is 0 Å². The summed E-state index contributed by atoms with van der Waals surface area (Å²) in [6, 6.07) is 3.99. The van der Waals surface area contributed by atoms with Crippen molar-refractivity contribution in [2.75, 3.05) is 32.9 Å². The number of fused-ring (bicyclic) bond motifs is 1. The van der Waals surface area contributed by atoms with Gasteiger partial charge in [-0.1, -0.05) is 12.1 Å². The lowest BCUT2D eigenvalue weighted by atomic mass is 10.1. The van der Waals surface area contributed by atoms with Crippen molar-refractivity contribution in [1.29, 1.82) is 0 Å². The Labute approximate surface area is 186 Å². The topological polar surface area (TPSA) is 155 Å². The van der Waals surface area contributed by atoms with Gasteiger partial charge in [0, 0.05) is 13.2 Å². The third-order valence-corrected chi connectivity index (χ3v) is 4.63. The maximum Gasteiger partial charge on any atom is 0.255 e. The highest BCUT2D eigenvalue weighted by Crippen LogP contribution is 2.18. The van der Waals surface area contributed by atoms with Crippen LogP contribution >= 0.6 is 0 Å². The highest BCUT2D eigenvalue weighted by Gasteiger charge is 2.30. The lowest BCUT2D eigenvalue weighted by Gasteiger charge is -2.24. The number of rotatable bonds is 6. The first-order valence-electron chi connectivity index (χ1n) is 10.5. The van der Waals surface area contributed by atoms with Crippen LogP contribution in [0.1, 0.15) is 30.6 Å². The number of hydrogen-bond donors (Lipinski definition) is 5. The SMILES string of the molecule is CCOCCNC(=O)[C@@H]1CC(=O)N[C@@H]([C@@H](C)O)C(=O)NCCOc2ccccc2C(=O)N1. The predicted molar refractivity (Wildman–Crippen MR) is 114 cm³/mol. The third-order valence-electron chi connectivity index (χ3n) is 4.63. The maximum atomic E-state index is 12.9. The minimum absolute atomic E-state index is 0.0534. The molecule has 1 aromatic carbocycles. The van der Waals surface area contributed by atoms with Gasteiger partial charge in [-0.2, -0.15) is 0 Å². The van der Waals surface area contributed by atoms with Crippen LogP contribution in [0.4, 0.5) is 0 Å². The summed E-state index contributed by atoms with van der Waals surface area (Å²) in [4.78, 5) is 50.5.